The van der Waals surface area contributed by atoms with Gasteiger partial charge in [-0.15, -0.1) is 0 Å². The van der Waals surface area contributed by atoms with Crippen LogP contribution in [-0.4, -0.2) is 29.1 Å². The van der Waals surface area contributed by atoms with Crippen LogP contribution in [0.15, 0.2) is 18.3 Å². The predicted molar refractivity (Wildman–Crippen MR) is 45.0 cm³/mol. The molecule has 0 radical (unpaired) electrons. The maximum atomic E-state index is 10.4. The van der Waals surface area contributed by atoms with E-state index >= 15 is 0 Å². The lowest BCUT2D eigenvalue weighted by molar-refractivity contribution is 0.0696. The van der Waals surface area contributed by atoms with Gasteiger partial charge < -0.3 is 9.84 Å². The highest BCUT2D eigenvalue weighted by molar-refractivity contribution is 5.91. The molecule has 13 heavy (non-hydrogen) atoms. The molecule has 5 nitrogen and oxygen atoms in total. The Balaban J connectivity index is 2.93. The van der Waals surface area contributed by atoms with E-state index in [1.807, 2.05) is 0 Å². The van der Waals surface area contributed by atoms with Crippen molar-refractivity contribution < 1.29 is 14.6 Å². The molecule has 0 saturated heterocycles. The van der Waals surface area contributed by atoms with Crippen molar-refractivity contribution in [1.29, 1.82) is 5.41 Å². The van der Waals surface area contributed by atoms with Gasteiger partial charge in [0.1, 0.15) is 5.69 Å². The first-order valence-electron chi connectivity index (χ1n) is 3.47. The van der Waals surface area contributed by atoms with Gasteiger partial charge in [0.2, 0.25) is 5.90 Å². The van der Waals surface area contributed by atoms with Crippen LogP contribution < -0.4 is 0 Å². The van der Waals surface area contributed by atoms with E-state index in [0.29, 0.717) is 5.69 Å². The van der Waals surface area contributed by atoms with Gasteiger partial charge in [-0.1, -0.05) is 0 Å². The summed E-state index contributed by atoms with van der Waals surface area (Å²) in [6.45, 7) is 0. The van der Waals surface area contributed by atoms with E-state index < -0.39 is 5.97 Å². The highest BCUT2D eigenvalue weighted by Gasteiger charge is 2.05. The van der Waals surface area contributed by atoms with Gasteiger partial charge in [-0.3, -0.25) is 10.4 Å². The summed E-state index contributed by atoms with van der Waals surface area (Å²) in [6.07, 6.45) is 1.19. The Morgan fingerprint density at radius 3 is 2.69 bits per heavy atom. The molecule has 1 heterocycles. The Morgan fingerprint density at radius 2 is 2.31 bits per heavy atom. The minimum absolute atomic E-state index is 0.0862. The smallest absolute Gasteiger partial charge is 0.337 e. The molecule has 0 atom stereocenters. The van der Waals surface area contributed by atoms with Crippen LogP contribution in [0.3, 0.4) is 0 Å². The summed E-state index contributed by atoms with van der Waals surface area (Å²) in [7, 11) is 1.36. The molecular weight excluding hydrogens is 172 g/mol. The standard InChI is InChI=1S/C8H8N2O3/c1-13-7(9)6-3-2-5(4-10-6)8(11)12/h2-4,9H,1H3,(H,11,12). The molecule has 0 bridgehead atoms. The fourth-order valence-electron chi connectivity index (χ4n) is 0.759. The van der Waals surface area contributed by atoms with E-state index in [1.165, 1.54) is 25.4 Å². The zero-order chi connectivity index (χ0) is 9.84. The minimum Gasteiger partial charge on any atom is -0.480 e. The van der Waals surface area contributed by atoms with Crippen molar-refractivity contribution in [2.75, 3.05) is 7.11 Å². The number of nitrogens with zero attached hydrogens (tertiary/aromatic N) is 1. The van der Waals surface area contributed by atoms with Gasteiger partial charge in [-0.25, -0.2) is 4.79 Å². The van der Waals surface area contributed by atoms with E-state index in [4.69, 9.17) is 10.5 Å². The van der Waals surface area contributed by atoms with Crippen LogP contribution in [-0.2, 0) is 4.74 Å². The van der Waals surface area contributed by atoms with Crippen molar-refractivity contribution in [1.82, 2.24) is 4.98 Å². The highest BCUT2D eigenvalue weighted by Crippen LogP contribution is 2.01. The van der Waals surface area contributed by atoms with Crippen LogP contribution in [0.4, 0.5) is 0 Å². The molecule has 1 aromatic rings. The summed E-state index contributed by atoms with van der Waals surface area (Å²) in [5.41, 5.74) is 0.403. The molecule has 0 aliphatic carbocycles. The maximum Gasteiger partial charge on any atom is 0.337 e. The van der Waals surface area contributed by atoms with E-state index in [9.17, 15) is 4.79 Å². The topological polar surface area (TPSA) is 83.3 Å². The Kier molecular flexibility index (Phi) is 2.59. The molecule has 0 spiro atoms. The van der Waals surface area contributed by atoms with Crippen molar-refractivity contribution >= 4 is 11.9 Å². The average Bonchev–Trinajstić information content (AvgIpc) is 2.17. The van der Waals surface area contributed by atoms with E-state index in [0.717, 1.165) is 0 Å². The van der Waals surface area contributed by atoms with Crippen molar-refractivity contribution in [2.45, 2.75) is 0 Å². The molecule has 1 rings (SSSR count). The normalized spacial score (nSPS) is 9.31. The van der Waals surface area contributed by atoms with Gasteiger partial charge in [0.05, 0.1) is 12.7 Å². The molecule has 2 N–H and O–H groups in total. The Hall–Kier alpha value is -1.91. The first-order valence-corrected chi connectivity index (χ1v) is 3.47. The zero-order valence-corrected chi connectivity index (χ0v) is 6.94. The quantitative estimate of drug-likeness (QED) is 0.519. The van der Waals surface area contributed by atoms with Crippen molar-refractivity contribution in [3.8, 4) is 0 Å². The molecule has 1 aromatic heterocycles. The number of pyridine rings is 1. The number of carboxylic acids is 1. The molecule has 0 fully saturated rings. The first-order chi connectivity index (χ1) is 6.15. The minimum atomic E-state index is -1.04. The summed E-state index contributed by atoms with van der Waals surface area (Å²) in [4.78, 5) is 14.2. The molecule has 0 amide bonds. The molecule has 0 saturated carbocycles. The van der Waals surface area contributed by atoms with Crippen molar-refractivity contribution in [2.24, 2.45) is 0 Å². The van der Waals surface area contributed by atoms with Crippen LogP contribution in [0.5, 0.6) is 0 Å². The Morgan fingerprint density at radius 1 is 1.62 bits per heavy atom. The highest BCUT2D eigenvalue weighted by atomic mass is 16.5. The van der Waals surface area contributed by atoms with Crippen molar-refractivity contribution in [3.05, 3.63) is 29.6 Å². The molecular formula is C8H8N2O3. The fourth-order valence-corrected chi connectivity index (χ4v) is 0.759. The van der Waals surface area contributed by atoms with Crippen LogP contribution in [0, 0.1) is 5.41 Å². The second-order valence-electron chi connectivity index (χ2n) is 2.27. The summed E-state index contributed by atoms with van der Waals surface area (Å²) in [5, 5.41) is 15.8. The number of aromatic nitrogens is 1. The first kappa shape index (κ1) is 9.18. The second kappa shape index (κ2) is 3.66. The largest absolute Gasteiger partial charge is 0.480 e. The molecule has 0 aromatic carbocycles. The summed E-state index contributed by atoms with van der Waals surface area (Å²) in [6, 6.07) is 2.80. The summed E-state index contributed by atoms with van der Waals surface area (Å²) in [5.74, 6) is -1.13. The average molecular weight is 180 g/mol. The number of rotatable bonds is 2. The Labute approximate surface area is 74.5 Å². The number of aromatic carboxylic acids is 1. The van der Waals surface area contributed by atoms with Gasteiger partial charge >= 0.3 is 5.97 Å². The molecule has 5 heteroatoms. The summed E-state index contributed by atoms with van der Waals surface area (Å²) < 4.78 is 4.61. The van der Waals surface area contributed by atoms with E-state index in [2.05, 4.69) is 9.72 Å². The third-order valence-corrected chi connectivity index (χ3v) is 1.45. The fraction of sp³-hybridized carbons (Fsp3) is 0.125. The Bertz CT molecular complexity index is 332. The summed E-state index contributed by atoms with van der Waals surface area (Å²) >= 11 is 0. The molecule has 0 aliphatic rings. The van der Waals surface area contributed by atoms with Crippen LogP contribution >= 0.6 is 0 Å². The third kappa shape index (κ3) is 2.02. The van der Waals surface area contributed by atoms with E-state index in [-0.39, 0.29) is 11.5 Å². The van der Waals surface area contributed by atoms with Crippen LogP contribution in [0.25, 0.3) is 0 Å². The number of carboxylic acid groups (broad SMARTS) is 1. The lowest BCUT2D eigenvalue weighted by atomic mass is 10.2. The monoisotopic (exact) mass is 180 g/mol. The number of hydrogen-bond acceptors (Lipinski definition) is 4. The lowest BCUT2D eigenvalue weighted by Gasteiger charge is -2.00. The third-order valence-electron chi connectivity index (χ3n) is 1.45. The van der Waals surface area contributed by atoms with Crippen LogP contribution in [0.2, 0.25) is 0 Å². The molecule has 0 unspecified atom stereocenters. The van der Waals surface area contributed by atoms with Gasteiger partial charge in [-0.2, -0.15) is 0 Å². The van der Waals surface area contributed by atoms with Gasteiger partial charge in [0, 0.05) is 6.20 Å². The zero-order valence-electron chi connectivity index (χ0n) is 6.94. The number of ether oxygens (including phenoxy) is 1. The van der Waals surface area contributed by atoms with Crippen molar-refractivity contribution in [3.63, 3.8) is 0 Å². The van der Waals surface area contributed by atoms with Gasteiger partial charge in [-0.05, 0) is 12.1 Å². The van der Waals surface area contributed by atoms with Crippen LogP contribution in [0.1, 0.15) is 16.1 Å². The van der Waals surface area contributed by atoms with Gasteiger partial charge in [0.25, 0.3) is 0 Å². The molecule has 68 valence electrons. The van der Waals surface area contributed by atoms with E-state index in [1.54, 1.807) is 0 Å². The maximum absolute atomic E-state index is 10.4. The SMILES string of the molecule is COC(=N)c1ccc(C(=O)O)cn1. The lowest BCUT2D eigenvalue weighted by Crippen LogP contribution is -2.05. The molecule has 0 aliphatic heterocycles. The second-order valence-corrected chi connectivity index (χ2v) is 2.27. The number of hydrogen-bond donors (Lipinski definition) is 2. The number of nitrogens with one attached hydrogen (secondary N) is 1. The number of methoxy groups -OCH3 is 1. The van der Waals surface area contributed by atoms with Gasteiger partial charge in [0.15, 0.2) is 0 Å². The number of carbonyl (C=O) groups is 1. The predicted octanol–water partition coefficient (Wildman–Crippen LogP) is 0.752.